The summed E-state index contributed by atoms with van der Waals surface area (Å²) in [5.41, 5.74) is 1.87. The molecule has 5 heteroatoms. The van der Waals surface area contributed by atoms with Crippen LogP contribution in [0.3, 0.4) is 0 Å². The Balaban J connectivity index is 2.05. The number of phenolic OH excluding ortho intramolecular Hbond substituents is 1. The van der Waals surface area contributed by atoms with Crippen molar-refractivity contribution in [3.8, 4) is 5.75 Å². The van der Waals surface area contributed by atoms with Crippen LogP contribution in [0.2, 0.25) is 0 Å². The summed E-state index contributed by atoms with van der Waals surface area (Å²) < 4.78 is 0. The van der Waals surface area contributed by atoms with Gasteiger partial charge in [-0.2, -0.15) is 0 Å². The van der Waals surface area contributed by atoms with Crippen LogP contribution in [-0.4, -0.2) is 47.4 Å². The topological polar surface area (TPSA) is 64.0 Å². The van der Waals surface area contributed by atoms with E-state index >= 15 is 0 Å². The predicted octanol–water partition coefficient (Wildman–Crippen LogP) is 1.50. The highest BCUT2D eigenvalue weighted by Gasteiger charge is 2.20. The van der Waals surface area contributed by atoms with Crippen LogP contribution >= 0.6 is 0 Å². The maximum absolute atomic E-state index is 10.8. The van der Waals surface area contributed by atoms with Gasteiger partial charge in [-0.05, 0) is 30.7 Å². The van der Waals surface area contributed by atoms with Crippen molar-refractivity contribution in [2.24, 2.45) is 0 Å². The number of phenols is 1. The van der Waals surface area contributed by atoms with Crippen LogP contribution in [0.1, 0.15) is 5.56 Å². The lowest BCUT2D eigenvalue weighted by molar-refractivity contribution is 0.142. The summed E-state index contributed by atoms with van der Waals surface area (Å²) in [5.74, 6) is 0.290. The van der Waals surface area contributed by atoms with E-state index in [9.17, 15) is 9.90 Å². The molecule has 0 bridgehead atoms. The van der Waals surface area contributed by atoms with Crippen LogP contribution in [0.4, 0.5) is 10.5 Å². The van der Waals surface area contributed by atoms with E-state index in [1.165, 1.54) is 4.90 Å². The third-order valence-electron chi connectivity index (χ3n) is 3.10. The maximum Gasteiger partial charge on any atom is 0.407 e. The molecular formula is C12H16N2O3. The number of anilines is 1. The first kappa shape index (κ1) is 11.6. The fraction of sp³-hybridized carbons (Fsp3) is 0.417. The molecule has 1 aliphatic heterocycles. The van der Waals surface area contributed by atoms with E-state index in [-0.39, 0.29) is 5.75 Å². The lowest BCUT2D eigenvalue weighted by atomic mass is 10.1. The molecule has 0 radical (unpaired) electrons. The van der Waals surface area contributed by atoms with Gasteiger partial charge in [0.1, 0.15) is 5.75 Å². The van der Waals surface area contributed by atoms with Gasteiger partial charge in [-0.1, -0.05) is 0 Å². The SMILES string of the molecule is Cc1cc(N2CCN(C(=O)O)CC2)ccc1O. The molecule has 1 heterocycles. The van der Waals surface area contributed by atoms with Gasteiger partial charge in [0.2, 0.25) is 0 Å². The van der Waals surface area contributed by atoms with E-state index in [1.54, 1.807) is 6.07 Å². The first-order valence-electron chi connectivity index (χ1n) is 5.60. The summed E-state index contributed by atoms with van der Waals surface area (Å²) in [4.78, 5) is 14.3. The average molecular weight is 236 g/mol. The Morgan fingerprint density at radius 1 is 1.24 bits per heavy atom. The Hall–Kier alpha value is -1.91. The van der Waals surface area contributed by atoms with Crippen molar-refractivity contribution >= 4 is 11.8 Å². The Morgan fingerprint density at radius 3 is 2.41 bits per heavy atom. The van der Waals surface area contributed by atoms with E-state index < -0.39 is 6.09 Å². The van der Waals surface area contributed by atoms with Gasteiger partial charge in [0.15, 0.2) is 0 Å². The van der Waals surface area contributed by atoms with Crippen molar-refractivity contribution in [3.05, 3.63) is 23.8 Å². The number of carboxylic acid groups (broad SMARTS) is 1. The molecule has 17 heavy (non-hydrogen) atoms. The normalized spacial score (nSPS) is 16.1. The van der Waals surface area contributed by atoms with Gasteiger partial charge in [-0.3, -0.25) is 0 Å². The van der Waals surface area contributed by atoms with Crippen molar-refractivity contribution in [2.45, 2.75) is 6.92 Å². The molecular weight excluding hydrogens is 220 g/mol. The zero-order valence-corrected chi connectivity index (χ0v) is 9.76. The van der Waals surface area contributed by atoms with Gasteiger partial charge < -0.3 is 20.0 Å². The van der Waals surface area contributed by atoms with E-state index in [4.69, 9.17) is 5.11 Å². The minimum absolute atomic E-state index is 0.290. The molecule has 1 fully saturated rings. The van der Waals surface area contributed by atoms with Gasteiger partial charge in [0.05, 0.1) is 0 Å². The fourth-order valence-electron chi connectivity index (χ4n) is 1.99. The maximum atomic E-state index is 10.8. The molecule has 92 valence electrons. The fourth-order valence-corrected chi connectivity index (χ4v) is 1.99. The lowest BCUT2D eigenvalue weighted by Crippen LogP contribution is -2.48. The molecule has 1 amide bonds. The van der Waals surface area contributed by atoms with Crippen molar-refractivity contribution in [2.75, 3.05) is 31.1 Å². The smallest absolute Gasteiger partial charge is 0.407 e. The lowest BCUT2D eigenvalue weighted by Gasteiger charge is -2.34. The Morgan fingerprint density at radius 2 is 1.88 bits per heavy atom. The molecule has 5 nitrogen and oxygen atoms in total. The highest BCUT2D eigenvalue weighted by Crippen LogP contribution is 2.24. The molecule has 2 rings (SSSR count). The first-order valence-corrected chi connectivity index (χ1v) is 5.60. The Labute approximate surface area is 99.9 Å². The molecule has 0 saturated carbocycles. The number of piperazine rings is 1. The van der Waals surface area contributed by atoms with Crippen molar-refractivity contribution in [3.63, 3.8) is 0 Å². The Kier molecular flexibility index (Phi) is 3.08. The number of benzene rings is 1. The summed E-state index contributed by atoms with van der Waals surface area (Å²) >= 11 is 0. The van der Waals surface area contributed by atoms with Gasteiger partial charge in [0.25, 0.3) is 0 Å². The monoisotopic (exact) mass is 236 g/mol. The number of rotatable bonds is 1. The van der Waals surface area contributed by atoms with E-state index in [0.29, 0.717) is 26.2 Å². The minimum Gasteiger partial charge on any atom is -0.508 e. The number of nitrogens with zero attached hydrogens (tertiary/aromatic N) is 2. The number of hydrogen-bond donors (Lipinski definition) is 2. The van der Waals surface area contributed by atoms with Crippen LogP contribution < -0.4 is 4.90 Å². The number of amides is 1. The molecule has 1 saturated heterocycles. The van der Waals surface area contributed by atoms with Crippen molar-refractivity contribution < 1.29 is 15.0 Å². The third kappa shape index (κ3) is 2.43. The molecule has 1 aromatic carbocycles. The molecule has 0 spiro atoms. The van der Waals surface area contributed by atoms with Gasteiger partial charge in [-0.15, -0.1) is 0 Å². The molecule has 0 atom stereocenters. The number of carbonyl (C=O) groups is 1. The predicted molar refractivity (Wildman–Crippen MR) is 64.7 cm³/mol. The molecule has 0 unspecified atom stereocenters. The van der Waals surface area contributed by atoms with Crippen molar-refractivity contribution in [1.82, 2.24) is 4.90 Å². The summed E-state index contributed by atoms with van der Waals surface area (Å²) in [5, 5.41) is 18.3. The minimum atomic E-state index is -0.855. The first-order chi connectivity index (χ1) is 8.08. The van der Waals surface area contributed by atoms with Crippen LogP contribution in [0.25, 0.3) is 0 Å². The highest BCUT2D eigenvalue weighted by molar-refractivity contribution is 5.65. The van der Waals surface area contributed by atoms with E-state index in [0.717, 1.165) is 11.3 Å². The average Bonchev–Trinajstić information content (AvgIpc) is 2.33. The summed E-state index contributed by atoms with van der Waals surface area (Å²) in [6, 6.07) is 5.46. The van der Waals surface area contributed by atoms with Crippen molar-refractivity contribution in [1.29, 1.82) is 0 Å². The van der Waals surface area contributed by atoms with Crippen LogP contribution in [0.5, 0.6) is 5.75 Å². The third-order valence-corrected chi connectivity index (χ3v) is 3.10. The second kappa shape index (κ2) is 4.53. The summed E-state index contributed by atoms with van der Waals surface area (Å²) in [7, 11) is 0. The zero-order chi connectivity index (χ0) is 12.4. The Bertz CT molecular complexity index is 426. The molecule has 0 aliphatic carbocycles. The summed E-state index contributed by atoms with van der Waals surface area (Å²) in [6.07, 6.45) is -0.855. The molecule has 1 aromatic rings. The van der Waals surface area contributed by atoms with E-state index in [2.05, 4.69) is 4.90 Å². The van der Waals surface area contributed by atoms with Crippen LogP contribution in [-0.2, 0) is 0 Å². The van der Waals surface area contributed by atoms with Crippen LogP contribution in [0, 0.1) is 6.92 Å². The number of hydrogen-bond acceptors (Lipinski definition) is 3. The van der Waals surface area contributed by atoms with E-state index in [1.807, 2.05) is 19.1 Å². The number of aryl methyl sites for hydroxylation is 1. The second-order valence-corrected chi connectivity index (χ2v) is 4.23. The highest BCUT2D eigenvalue weighted by atomic mass is 16.4. The largest absolute Gasteiger partial charge is 0.508 e. The van der Waals surface area contributed by atoms with Crippen LogP contribution in [0.15, 0.2) is 18.2 Å². The number of aromatic hydroxyl groups is 1. The molecule has 1 aliphatic rings. The van der Waals surface area contributed by atoms with Gasteiger partial charge in [0, 0.05) is 31.9 Å². The summed E-state index contributed by atoms with van der Waals surface area (Å²) in [6.45, 7) is 4.28. The molecule has 0 aromatic heterocycles. The van der Waals surface area contributed by atoms with Gasteiger partial charge >= 0.3 is 6.09 Å². The molecule has 2 N–H and O–H groups in total. The standard InChI is InChI=1S/C12H16N2O3/c1-9-8-10(2-3-11(9)15)13-4-6-14(7-5-13)12(16)17/h2-3,8,15H,4-7H2,1H3,(H,16,17). The quantitative estimate of drug-likeness (QED) is 0.775. The zero-order valence-electron chi connectivity index (χ0n) is 9.76. The van der Waals surface area contributed by atoms with Gasteiger partial charge in [-0.25, -0.2) is 4.79 Å². The second-order valence-electron chi connectivity index (χ2n) is 4.23.